The highest BCUT2D eigenvalue weighted by molar-refractivity contribution is 6.30. The Kier molecular flexibility index (Phi) is 5.66. The van der Waals surface area contributed by atoms with Gasteiger partial charge in [-0.25, -0.2) is 4.39 Å². The molecule has 1 aromatic rings. The molecule has 0 amide bonds. The average molecular weight is 256 g/mol. The predicted octanol–water partition coefficient (Wildman–Crippen LogP) is 4.49. The highest BCUT2D eigenvalue weighted by Crippen LogP contribution is 2.25. The lowest BCUT2D eigenvalue weighted by atomic mass is 9.99. The summed E-state index contributed by atoms with van der Waals surface area (Å²) in [5.74, 6) is -0.218. The molecule has 0 aliphatic rings. The number of hydrogen-bond acceptors (Lipinski definition) is 1. The van der Waals surface area contributed by atoms with E-state index in [4.69, 9.17) is 11.6 Å². The molecular weight excluding hydrogens is 237 g/mol. The van der Waals surface area contributed by atoms with Crippen LogP contribution in [0.3, 0.4) is 0 Å². The van der Waals surface area contributed by atoms with Crippen molar-refractivity contribution in [2.75, 3.05) is 6.54 Å². The number of hydrogen-bond donors (Lipinski definition) is 1. The van der Waals surface area contributed by atoms with Crippen molar-refractivity contribution in [3.63, 3.8) is 0 Å². The minimum absolute atomic E-state index is 0.0499. The molecule has 0 heterocycles. The quantitative estimate of drug-likeness (QED) is 0.739. The fraction of sp³-hybridized carbons (Fsp3) is 0.429. The molecule has 0 saturated carbocycles. The van der Waals surface area contributed by atoms with Crippen molar-refractivity contribution >= 4 is 11.6 Å². The molecule has 1 atom stereocenters. The first-order chi connectivity index (χ1) is 8.04. The fourth-order valence-electron chi connectivity index (χ4n) is 1.74. The largest absolute Gasteiger partial charge is 0.310 e. The second-order valence-corrected chi connectivity index (χ2v) is 4.77. The first kappa shape index (κ1) is 14.2. The van der Waals surface area contributed by atoms with E-state index < -0.39 is 0 Å². The molecule has 0 aliphatic carbocycles. The zero-order valence-electron chi connectivity index (χ0n) is 10.4. The van der Waals surface area contributed by atoms with Gasteiger partial charge in [0.25, 0.3) is 0 Å². The van der Waals surface area contributed by atoms with Crippen molar-refractivity contribution in [1.29, 1.82) is 0 Å². The Morgan fingerprint density at radius 3 is 2.82 bits per heavy atom. The number of nitrogens with one attached hydrogen (secondary N) is 1. The Balaban J connectivity index is 2.93. The summed E-state index contributed by atoms with van der Waals surface area (Å²) in [4.78, 5) is 0. The van der Waals surface area contributed by atoms with Crippen LogP contribution < -0.4 is 5.32 Å². The third-order valence-corrected chi connectivity index (χ3v) is 2.76. The molecule has 0 radical (unpaired) electrons. The first-order valence-electron chi connectivity index (χ1n) is 5.87. The highest BCUT2D eigenvalue weighted by Gasteiger charge is 2.15. The topological polar surface area (TPSA) is 12.0 Å². The van der Waals surface area contributed by atoms with Gasteiger partial charge in [-0.2, -0.15) is 0 Å². The maximum atomic E-state index is 13.8. The standard InChI is InChI=1S/C14H19ClFN/c1-4-7-17-14(8-10(2)3)12-9-11(15)5-6-13(12)16/h5-6,9,14,17H,2,4,7-8H2,1,3H3. The van der Waals surface area contributed by atoms with Gasteiger partial charge in [-0.1, -0.05) is 24.1 Å². The molecule has 1 rings (SSSR count). The molecule has 0 fully saturated rings. The molecule has 1 nitrogen and oxygen atoms in total. The Morgan fingerprint density at radius 1 is 1.53 bits per heavy atom. The second kappa shape index (κ2) is 6.77. The number of rotatable bonds is 6. The van der Waals surface area contributed by atoms with Gasteiger partial charge in [0.2, 0.25) is 0 Å². The zero-order valence-corrected chi connectivity index (χ0v) is 11.1. The van der Waals surface area contributed by atoms with Gasteiger partial charge in [0.05, 0.1) is 0 Å². The van der Waals surface area contributed by atoms with E-state index in [9.17, 15) is 4.39 Å². The Hall–Kier alpha value is -0.860. The van der Waals surface area contributed by atoms with Gasteiger partial charge in [0.1, 0.15) is 5.82 Å². The molecule has 1 unspecified atom stereocenters. The molecule has 0 bridgehead atoms. The van der Waals surface area contributed by atoms with Crippen molar-refractivity contribution < 1.29 is 4.39 Å². The fourth-order valence-corrected chi connectivity index (χ4v) is 1.92. The van der Waals surface area contributed by atoms with Crippen LogP contribution in [0.4, 0.5) is 4.39 Å². The van der Waals surface area contributed by atoms with Crippen LogP contribution in [0, 0.1) is 5.82 Å². The molecule has 0 aliphatic heterocycles. The Bertz CT molecular complexity index is 390. The van der Waals surface area contributed by atoms with Gasteiger partial charge in [-0.3, -0.25) is 0 Å². The molecule has 17 heavy (non-hydrogen) atoms. The van der Waals surface area contributed by atoms with Gasteiger partial charge in [-0.05, 0) is 44.5 Å². The van der Waals surface area contributed by atoms with E-state index in [1.54, 1.807) is 12.1 Å². The van der Waals surface area contributed by atoms with Crippen LogP contribution in [0.5, 0.6) is 0 Å². The summed E-state index contributed by atoms with van der Waals surface area (Å²) >= 11 is 5.91. The van der Waals surface area contributed by atoms with Crippen LogP contribution in [-0.4, -0.2) is 6.54 Å². The van der Waals surface area contributed by atoms with Crippen molar-refractivity contribution in [1.82, 2.24) is 5.32 Å². The molecule has 0 aromatic heterocycles. The summed E-state index contributed by atoms with van der Waals surface area (Å²) in [6.45, 7) is 8.77. The normalized spacial score (nSPS) is 12.5. The molecule has 1 N–H and O–H groups in total. The maximum absolute atomic E-state index is 13.8. The van der Waals surface area contributed by atoms with E-state index in [0.717, 1.165) is 25.0 Å². The molecule has 94 valence electrons. The lowest BCUT2D eigenvalue weighted by molar-refractivity contribution is 0.496. The van der Waals surface area contributed by atoms with Gasteiger partial charge in [0, 0.05) is 16.6 Å². The highest BCUT2D eigenvalue weighted by atomic mass is 35.5. The van der Waals surface area contributed by atoms with Crippen LogP contribution in [0.25, 0.3) is 0 Å². The van der Waals surface area contributed by atoms with Crippen LogP contribution in [0.2, 0.25) is 5.02 Å². The van der Waals surface area contributed by atoms with E-state index >= 15 is 0 Å². The zero-order chi connectivity index (χ0) is 12.8. The van der Waals surface area contributed by atoms with E-state index in [-0.39, 0.29) is 11.9 Å². The first-order valence-corrected chi connectivity index (χ1v) is 6.25. The van der Waals surface area contributed by atoms with Crippen LogP contribution in [-0.2, 0) is 0 Å². The van der Waals surface area contributed by atoms with Gasteiger partial charge >= 0.3 is 0 Å². The van der Waals surface area contributed by atoms with Crippen molar-refractivity contribution in [2.24, 2.45) is 0 Å². The van der Waals surface area contributed by atoms with Crippen molar-refractivity contribution in [3.05, 3.63) is 46.8 Å². The smallest absolute Gasteiger partial charge is 0.128 e. The monoisotopic (exact) mass is 255 g/mol. The third-order valence-electron chi connectivity index (χ3n) is 2.53. The lowest BCUT2D eigenvalue weighted by Crippen LogP contribution is -2.23. The van der Waals surface area contributed by atoms with Crippen molar-refractivity contribution in [2.45, 2.75) is 32.7 Å². The molecule has 1 aromatic carbocycles. The second-order valence-electron chi connectivity index (χ2n) is 4.33. The lowest BCUT2D eigenvalue weighted by Gasteiger charge is -2.20. The van der Waals surface area contributed by atoms with Gasteiger partial charge in [-0.15, -0.1) is 6.58 Å². The predicted molar refractivity (Wildman–Crippen MR) is 71.9 cm³/mol. The summed E-state index contributed by atoms with van der Waals surface area (Å²) in [6, 6.07) is 4.62. The Labute approximate surface area is 108 Å². The summed E-state index contributed by atoms with van der Waals surface area (Å²) in [6.07, 6.45) is 1.73. The van der Waals surface area contributed by atoms with Crippen LogP contribution in [0.1, 0.15) is 38.3 Å². The van der Waals surface area contributed by atoms with E-state index in [0.29, 0.717) is 10.6 Å². The molecule has 3 heteroatoms. The number of halogens is 2. The van der Waals surface area contributed by atoms with Crippen LogP contribution >= 0.6 is 11.6 Å². The van der Waals surface area contributed by atoms with E-state index in [1.807, 2.05) is 6.92 Å². The van der Waals surface area contributed by atoms with E-state index in [2.05, 4.69) is 18.8 Å². The SMILES string of the molecule is C=C(C)CC(NCCC)c1cc(Cl)ccc1F. The summed E-state index contributed by atoms with van der Waals surface area (Å²) in [5, 5.41) is 3.89. The molecular formula is C14H19ClFN. The van der Waals surface area contributed by atoms with Gasteiger partial charge in [0.15, 0.2) is 0 Å². The summed E-state index contributed by atoms with van der Waals surface area (Å²) in [7, 11) is 0. The molecule has 0 saturated heterocycles. The maximum Gasteiger partial charge on any atom is 0.128 e. The minimum Gasteiger partial charge on any atom is -0.310 e. The molecule has 0 spiro atoms. The summed E-state index contributed by atoms with van der Waals surface area (Å²) in [5.41, 5.74) is 1.65. The number of benzene rings is 1. The average Bonchev–Trinajstić information content (AvgIpc) is 2.27. The van der Waals surface area contributed by atoms with Crippen molar-refractivity contribution in [3.8, 4) is 0 Å². The third kappa shape index (κ3) is 4.49. The van der Waals surface area contributed by atoms with Crippen LogP contribution in [0.15, 0.2) is 30.4 Å². The minimum atomic E-state index is -0.218. The van der Waals surface area contributed by atoms with Gasteiger partial charge < -0.3 is 5.32 Å². The Morgan fingerprint density at radius 2 is 2.24 bits per heavy atom. The summed E-state index contributed by atoms with van der Waals surface area (Å²) < 4.78 is 13.8. The van der Waals surface area contributed by atoms with E-state index in [1.165, 1.54) is 6.07 Å².